The Labute approximate surface area is 107 Å². The van der Waals surface area contributed by atoms with E-state index in [1.54, 1.807) is 6.07 Å². The second-order valence-electron chi connectivity index (χ2n) is 4.23. The molecule has 0 amide bonds. The number of furan rings is 1. The summed E-state index contributed by atoms with van der Waals surface area (Å²) in [7, 11) is -3.61. The smallest absolute Gasteiger partial charge is 0.273 e. The normalized spacial score (nSPS) is 12.2. The molecule has 0 atom stereocenters. The van der Waals surface area contributed by atoms with Crippen LogP contribution in [0.25, 0.3) is 0 Å². The summed E-state index contributed by atoms with van der Waals surface area (Å²) in [5.41, 5.74) is 0. The molecule has 0 saturated heterocycles. The number of nitrogens with one attached hydrogen (secondary N) is 2. The van der Waals surface area contributed by atoms with Gasteiger partial charge in [-0.3, -0.25) is 0 Å². The molecule has 0 radical (unpaired) electrons. The highest BCUT2D eigenvalue weighted by Crippen LogP contribution is 2.13. The molecule has 0 fully saturated rings. The second kappa shape index (κ2) is 6.89. The van der Waals surface area contributed by atoms with Gasteiger partial charge in [0.05, 0.1) is 6.54 Å². The SMILES string of the molecule is CC(C)NCc1ccc(S(=O)(=O)NCCCO)o1. The first-order valence-electron chi connectivity index (χ1n) is 5.88. The van der Waals surface area contributed by atoms with E-state index in [1.807, 2.05) is 13.8 Å². The van der Waals surface area contributed by atoms with E-state index in [-0.39, 0.29) is 18.2 Å². The molecule has 0 saturated carbocycles. The third-order valence-corrected chi connectivity index (χ3v) is 3.55. The topological polar surface area (TPSA) is 91.6 Å². The first-order chi connectivity index (χ1) is 8.45. The molecule has 7 heteroatoms. The molecule has 1 aromatic rings. The fourth-order valence-electron chi connectivity index (χ4n) is 1.26. The predicted molar refractivity (Wildman–Crippen MR) is 67.6 cm³/mol. The lowest BCUT2D eigenvalue weighted by molar-refractivity contribution is 0.289. The summed E-state index contributed by atoms with van der Waals surface area (Å²) < 4.78 is 31.1. The zero-order valence-electron chi connectivity index (χ0n) is 10.6. The lowest BCUT2D eigenvalue weighted by Crippen LogP contribution is -2.25. The summed E-state index contributed by atoms with van der Waals surface area (Å²) >= 11 is 0. The largest absolute Gasteiger partial charge is 0.447 e. The first kappa shape index (κ1) is 15.2. The number of aliphatic hydroxyl groups excluding tert-OH is 1. The van der Waals surface area contributed by atoms with Gasteiger partial charge in [-0.05, 0) is 18.6 Å². The Morgan fingerprint density at radius 2 is 2.11 bits per heavy atom. The molecule has 0 unspecified atom stereocenters. The highest BCUT2D eigenvalue weighted by molar-refractivity contribution is 7.89. The van der Waals surface area contributed by atoms with E-state index in [2.05, 4.69) is 10.0 Å². The number of sulfonamides is 1. The Kier molecular flexibility index (Phi) is 5.80. The Hall–Kier alpha value is -0.890. The van der Waals surface area contributed by atoms with Crippen LogP contribution in [-0.4, -0.2) is 32.7 Å². The molecule has 1 rings (SSSR count). The van der Waals surface area contributed by atoms with Gasteiger partial charge in [-0.2, -0.15) is 0 Å². The van der Waals surface area contributed by atoms with Gasteiger partial charge in [-0.15, -0.1) is 0 Å². The van der Waals surface area contributed by atoms with Gasteiger partial charge < -0.3 is 14.8 Å². The van der Waals surface area contributed by atoms with Gasteiger partial charge in [0.1, 0.15) is 5.76 Å². The van der Waals surface area contributed by atoms with Crippen molar-refractivity contribution in [3.8, 4) is 0 Å². The number of aliphatic hydroxyl groups is 1. The average molecular weight is 276 g/mol. The maximum atomic E-state index is 11.8. The minimum atomic E-state index is -3.61. The summed E-state index contributed by atoms with van der Waals surface area (Å²) in [6.45, 7) is 4.63. The van der Waals surface area contributed by atoms with Crippen LogP contribution in [0.4, 0.5) is 0 Å². The zero-order chi connectivity index (χ0) is 13.6. The molecule has 0 aliphatic heterocycles. The van der Waals surface area contributed by atoms with Crippen molar-refractivity contribution in [3.63, 3.8) is 0 Å². The molecule has 0 spiro atoms. The Balaban J connectivity index is 2.60. The van der Waals surface area contributed by atoms with Crippen LogP contribution in [-0.2, 0) is 16.6 Å². The fourth-order valence-corrected chi connectivity index (χ4v) is 2.28. The standard InChI is InChI=1S/C11H20N2O4S/c1-9(2)12-8-10-4-5-11(17-10)18(15,16)13-6-3-7-14/h4-5,9,12-14H,3,6-8H2,1-2H3. The molecule has 0 bridgehead atoms. The molecule has 104 valence electrons. The third-order valence-electron chi connectivity index (χ3n) is 2.21. The number of hydrogen-bond donors (Lipinski definition) is 3. The van der Waals surface area contributed by atoms with Crippen molar-refractivity contribution in [2.24, 2.45) is 0 Å². The second-order valence-corrected chi connectivity index (χ2v) is 5.93. The Morgan fingerprint density at radius 1 is 1.39 bits per heavy atom. The molecule has 18 heavy (non-hydrogen) atoms. The molecule has 0 aromatic carbocycles. The van der Waals surface area contributed by atoms with Gasteiger partial charge in [0.25, 0.3) is 10.0 Å². The summed E-state index contributed by atoms with van der Waals surface area (Å²) in [4.78, 5) is 0. The summed E-state index contributed by atoms with van der Waals surface area (Å²) in [5, 5.41) is 11.6. The molecule has 1 heterocycles. The van der Waals surface area contributed by atoms with E-state index in [1.165, 1.54) is 6.07 Å². The Bertz CT molecular complexity index is 453. The summed E-state index contributed by atoms with van der Waals surface area (Å²) in [6.07, 6.45) is 0.377. The molecule has 6 nitrogen and oxygen atoms in total. The molecular weight excluding hydrogens is 256 g/mol. The Morgan fingerprint density at radius 3 is 2.72 bits per heavy atom. The van der Waals surface area contributed by atoms with Crippen LogP contribution in [0.5, 0.6) is 0 Å². The highest BCUT2D eigenvalue weighted by atomic mass is 32.2. The monoisotopic (exact) mass is 276 g/mol. The van der Waals surface area contributed by atoms with E-state index < -0.39 is 10.0 Å². The van der Waals surface area contributed by atoms with E-state index in [0.29, 0.717) is 24.8 Å². The van der Waals surface area contributed by atoms with Crippen molar-refractivity contribution in [2.45, 2.75) is 37.9 Å². The van der Waals surface area contributed by atoms with Crippen molar-refractivity contribution in [2.75, 3.05) is 13.2 Å². The molecular formula is C11H20N2O4S. The highest BCUT2D eigenvalue weighted by Gasteiger charge is 2.17. The van der Waals surface area contributed by atoms with Crippen LogP contribution in [0.2, 0.25) is 0 Å². The van der Waals surface area contributed by atoms with Crippen LogP contribution in [0.1, 0.15) is 26.0 Å². The van der Waals surface area contributed by atoms with E-state index in [9.17, 15) is 8.42 Å². The van der Waals surface area contributed by atoms with E-state index in [0.717, 1.165) is 0 Å². The molecule has 1 aromatic heterocycles. The van der Waals surface area contributed by atoms with Gasteiger partial charge in [0.2, 0.25) is 5.09 Å². The van der Waals surface area contributed by atoms with Crippen LogP contribution in [0.15, 0.2) is 21.6 Å². The van der Waals surface area contributed by atoms with Crippen molar-refractivity contribution in [1.29, 1.82) is 0 Å². The van der Waals surface area contributed by atoms with Crippen LogP contribution in [0, 0.1) is 0 Å². The van der Waals surface area contributed by atoms with Crippen LogP contribution < -0.4 is 10.0 Å². The van der Waals surface area contributed by atoms with Gasteiger partial charge in [0, 0.05) is 19.2 Å². The maximum absolute atomic E-state index is 11.8. The van der Waals surface area contributed by atoms with Crippen LogP contribution in [0.3, 0.4) is 0 Å². The van der Waals surface area contributed by atoms with Crippen molar-refractivity contribution >= 4 is 10.0 Å². The van der Waals surface area contributed by atoms with Crippen molar-refractivity contribution < 1.29 is 17.9 Å². The third kappa shape index (κ3) is 4.77. The molecule has 0 aliphatic carbocycles. The van der Waals surface area contributed by atoms with Crippen LogP contribution >= 0.6 is 0 Å². The summed E-state index contributed by atoms with van der Waals surface area (Å²) in [5.74, 6) is 0.575. The zero-order valence-corrected chi connectivity index (χ0v) is 11.5. The lowest BCUT2D eigenvalue weighted by atomic mass is 10.3. The molecule has 3 N–H and O–H groups in total. The quantitative estimate of drug-likeness (QED) is 0.599. The number of hydrogen-bond acceptors (Lipinski definition) is 5. The predicted octanol–water partition coefficient (Wildman–Crippen LogP) is 0.438. The minimum Gasteiger partial charge on any atom is -0.447 e. The van der Waals surface area contributed by atoms with Crippen molar-refractivity contribution in [3.05, 3.63) is 17.9 Å². The van der Waals surface area contributed by atoms with Gasteiger partial charge in [-0.1, -0.05) is 13.8 Å². The van der Waals surface area contributed by atoms with Gasteiger partial charge in [0.15, 0.2) is 0 Å². The van der Waals surface area contributed by atoms with E-state index >= 15 is 0 Å². The fraction of sp³-hybridized carbons (Fsp3) is 0.636. The lowest BCUT2D eigenvalue weighted by Gasteiger charge is -2.05. The average Bonchev–Trinajstić information content (AvgIpc) is 2.76. The van der Waals surface area contributed by atoms with E-state index in [4.69, 9.17) is 9.52 Å². The first-order valence-corrected chi connectivity index (χ1v) is 7.36. The van der Waals surface area contributed by atoms with Crippen molar-refractivity contribution in [1.82, 2.24) is 10.0 Å². The summed E-state index contributed by atoms with van der Waals surface area (Å²) in [6, 6.07) is 3.37. The minimum absolute atomic E-state index is 0.0514. The maximum Gasteiger partial charge on any atom is 0.273 e. The number of rotatable bonds is 8. The van der Waals surface area contributed by atoms with Gasteiger partial charge >= 0.3 is 0 Å². The van der Waals surface area contributed by atoms with Gasteiger partial charge in [-0.25, -0.2) is 13.1 Å². The molecule has 0 aliphatic rings.